The molecule has 4 heteroatoms. The van der Waals surface area contributed by atoms with E-state index in [-0.39, 0.29) is 12.0 Å². The van der Waals surface area contributed by atoms with Crippen molar-refractivity contribution in [2.45, 2.75) is 57.5 Å². The lowest BCUT2D eigenvalue weighted by molar-refractivity contribution is -0.143. The first-order valence-corrected chi connectivity index (χ1v) is 7.30. The monoisotopic (exact) mass is 255 g/mol. The van der Waals surface area contributed by atoms with Gasteiger partial charge in [0.1, 0.15) is 0 Å². The van der Waals surface area contributed by atoms with Crippen molar-refractivity contribution in [3.63, 3.8) is 0 Å². The first kappa shape index (κ1) is 13.8. The van der Waals surface area contributed by atoms with Crippen LogP contribution in [0.3, 0.4) is 0 Å². The average molecular weight is 255 g/mol. The first-order valence-electron chi connectivity index (χ1n) is 7.30. The quantitative estimate of drug-likeness (QED) is 0.817. The highest BCUT2D eigenvalue weighted by molar-refractivity contribution is 5.71. The normalized spacial score (nSPS) is 29.9. The van der Waals surface area contributed by atoms with Crippen LogP contribution in [0.15, 0.2) is 0 Å². The Hall–Kier alpha value is -0.610. The number of carbonyl (C=O) groups is 1. The van der Waals surface area contributed by atoms with Crippen LogP contribution in [0.4, 0.5) is 0 Å². The second kappa shape index (κ2) is 6.53. The Labute approximate surface area is 109 Å². The van der Waals surface area contributed by atoms with Crippen molar-refractivity contribution >= 4 is 5.97 Å². The predicted octanol–water partition coefficient (Wildman–Crippen LogP) is 2.13. The molecule has 104 valence electrons. The maximum absolute atomic E-state index is 11.3. The van der Waals surface area contributed by atoms with Gasteiger partial charge in [-0.15, -0.1) is 0 Å². The van der Waals surface area contributed by atoms with Gasteiger partial charge in [-0.2, -0.15) is 0 Å². The van der Waals surface area contributed by atoms with Crippen LogP contribution in [-0.4, -0.2) is 47.8 Å². The lowest BCUT2D eigenvalue weighted by atomic mass is 9.91. The molecule has 2 atom stereocenters. The Morgan fingerprint density at radius 2 is 2.00 bits per heavy atom. The van der Waals surface area contributed by atoms with E-state index < -0.39 is 5.97 Å². The Morgan fingerprint density at radius 1 is 1.28 bits per heavy atom. The Kier molecular flexibility index (Phi) is 5.01. The molecule has 0 bridgehead atoms. The molecule has 0 radical (unpaired) electrons. The molecular weight excluding hydrogens is 230 g/mol. The highest BCUT2D eigenvalue weighted by Crippen LogP contribution is 2.29. The van der Waals surface area contributed by atoms with Crippen LogP contribution in [0.25, 0.3) is 0 Å². The number of hydrogen-bond acceptors (Lipinski definition) is 3. The first-order chi connectivity index (χ1) is 8.74. The van der Waals surface area contributed by atoms with E-state index in [2.05, 4.69) is 11.8 Å². The van der Waals surface area contributed by atoms with Crippen LogP contribution < -0.4 is 0 Å². The lowest BCUT2D eigenvalue weighted by Gasteiger charge is -2.39. The molecular formula is C14H25NO3. The van der Waals surface area contributed by atoms with Gasteiger partial charge in [-0.1, -0.05) is 26.2 Å². The van der Waals surface area contributed by atoms with Crippen molar-refractivity contribution in [2.75, 3.05) is 19.8 Å². The van der Waals surface area contributed by atoms with E-state index in [1.807, 2.05) is 0 Å². The van der Waals surface area contributed by atoms with E-state index in [1.54, 1.807) is 0 Å². The molecule has 1 N–H and O–H groups in total. The highest BCUT2D eigenvalue weighted by Gasteiger charge is 2.40. The molecule has 0 amide bonds. The molecule has 1 aliphatic heterocycles. The summed E-state index contributed by atoms with van der Waals surface area (Å²) in [7, 11) is 0. The Balaban J connectivity index is 2.05. The molecule has 2 rings (SSSR count). The molecule has 1 saturated carbocycles. The summed E-state index contributed by atoms with van der Waals surface area (Å²) in [6, 6.07) is 0.665. The van der Waals surface area contributed by atoms with Gasteiger partial charge in [0.2, 0.25) is 0 Å². The smallest absolute Gasteiger partial charge is 0.310 e. The summed E-state index contributed by atoms with van der Waals surface area (Å²) in [5, 5.41) is 9.29. The number of rotatable bonds is 5. The van der Waals surface area contributed by atoms with Crippen molar-refractivity contribution in [1.29, 1.82) is 0 Å². The largest absolute Gasteiger partial charge is 0.481 e. The van der Waals surface area contributed by atoms with Crippen molar-refractivity contribution < 1.29 is 14.6 Å². The Bertz CT molecular complexity index is 276. The summed E-state index contributed by atoms with van der Waals surface area (Å²) in [4.78, 5) is 13.7. The minimum atomic E-state index is -0.700. The summed E-state index contributed by atoms with van der Waals surface area (Å²) in [5.41, 5.74) is 0. The number of carboxylic acid groups (broad SMARTS) is 1. The third-order valence-corrected chi connectivity index (χ3v) is 4.32. The van der Waals surface area contributed by atoms with Crippen LogP contribution >= 0.6 is 0 Å². The van der Waals surface area contributed by atoms with E-state index in [4.69, 9.17) is 4.74 Å². The van der Waals surface area contributed by atoms with Gasteiger partial charge in [-0.05, 0) is 25.8 Å². The molecule has 4 nitrogen and oxygen atoms in total. The van der Waals surface area contributed by atoms with Crippen LogP contribution in [0.1, 0.15) is 45.4 Å². The maximum Gasteiger partial charge on any atom is 0.310 e. The minimum absolute atomic E-state index is 0.0885. The topological polar surface area (TPSA) is 49.8 Å². The lowest BCUT2D eigenvalue weighted by Crippen LogP contribution is -2.49. The second-order valence-corrected chi connectivity index (χ2v) is 5.58. The molecule has 1 saturated heterocycles. The molecule has 0 aromatic rings. The van der Waals surface area contributed by atoms with Gasteiger partial charge in [0, 0.05) is 12.1 Å². The fourth-order valence-electron chi connectivity index (χ4n) is 3.40. The molecule has 2 fully saturated rings. The van der Waals surface area contributed by atoms with Gasteiger partial charge >= 0.3 is 5.97 Å². The van der Waals surface area contributed by atoms with E-state index in [0.29, 0.717) is 19.3 Å². The van der Waals surface area contributed by atoms with Crippen LogP contribution in [-0.2, 0) is 9.53 Å². The van der Waals surface area contributed by atoms with E-state index in [9.17, 15) is 9.90 Å². The van der Waals surface area contributed by atoms with Gasteiger partial charge in [0.25, 0.3) is 0 Å². The molecule has 0 spiro atoms. The van der Waals surface area contributed by atoms with Crippen LogP contribution in [0.2, 0.25) is 0 Å². The number of aliphatic carboxylic acids is 1. The third-order valence-electron chi connectivity index (χ3n) is 4.32. The SMILES string of the molecule is CCCN(C1CCCCC1)C1COCC1C(=O)O. The van der Waals surface area contributed by atoms with Gasteiger partial charge in [-0.25, -0.2) is 0 Å². The summed E-state index contributed by atoms with van der Waals surface area (Å²) < 4.78 is 5.43. The molecule has 0 aromatic carbocycles. The number of hydrogen-bond donors (Lipinski definition) is 1. The van der Waals surface area contributed by atoms with E-state index >= 15 is 0 Å². The standard InChI is InChI=1S/C14H25NO3/c1-2-8-15(11-6-4-3-5-7-11)13-10-18-9-12(13)14(16)17/h11-13H,2-10H2,1H3,(H,16,17). The molecule has 1 heterocycles. The second-order valence-electron chi connectivity index (χ2n) is 5.58. The highest BCUT2D eigenvalue weighted by atomic mass is 16.5. The zero-order valence-corrected chi connectivity index (χ0v) is 11.3. The van der Waals surface area contributed by atoms with Crippen LogP contribution in [0.5, 0.6) is 0 Å². The van der Waals surface area contributed by atoms with Gasteiger partial charge in [0.05, 0.1) is 19.1 Å². The summed E-state index contributed by atoms with van der Waals surface area (Å²) in [5.74, 6) is -1.03. The van der Waals surface area contributed by atoms with Crippen LogP contribution in [0, 0.1) is 5.92 Å². The minimum Gasteiger partial charge on any atom is -0.481 e. The van der Waals surface area contributed by atoms with E-state index in [0.717, 1.165) is 13.0 Å². The fourth-order valence-corrected chi connectivity index (χ4v) is 3.40. The van der Waals surface area contributed by atoms with Crippen molar-refractivity contribution in [2.24, 2.45) is 5.92 Å². The average Bonchev–Trinajstić information content (AvgIpc) is 2.86. The van der Waals surface area contributed by atoms with Gasteiger partial charge in [-0.3, -0.25) is 9.69 Å². The van der Waals surface area contributed by atoms with E-state index in [1.165, 1.54) is 32.1 Å². The van der Waals surface area contributed by atoms with Crippen molar-refractivity contribution in [3.8, 4) is 0 Å². The fraction of sp³-hybridized carbons (Fsp3) is 0.929. The molecule has 1 aliphatic carbocycles. The summed E-state index contributed by atoms with van der Waals surface area (Å²) >= 11 is 0. The number of nitrogens with zero attached hydrogens (tertiary/aromatic N) is 1. The number of carboxylic acids is 1. The predicted molar refractivity (Wildman–Crippen MR) is 69.6 cm³/mol. The zero-order chi connectivity index (χ0) is 13.0. The Morgan fingerprint density at radius 3 is 2.61 bits per heavy atom. The maximum atomic E-state index is 11.3. The van der Waals surface area contributed by atoms with Crippen molar-refractivity contribution in [1.82, 2.24) is 4.90 Å². The van der Waals surface area contributed by atoms with Gasteiger partial charge < -0.3 is 9.84 Å². The van der Waals surface area contributed by atoms with Crippen molar-refractivity contribution in [3.05, 3.63) is 0 Å². The zero-order valence-electron chi connectivity index (χ0n) is 11.3. The molecule has 2 unspecified atom stereocenters. The molecule has 18 heavy (non-hydrogen) atoms. The summed E-state index contributed by atoms with van der Waals surface area (Å²) in [6.45, 7) is 4.14. The molecule has 0 aromatic heterocycles. The molecule has 2 aliphatic rings. The third kappa shape index (κ3) is 3.04. The van der Waals surface area contributed by atoms with Gasteiger partial charge in [0.15, 0.2) is 0 Å². The number of ether oxygens (including phenoxy) is 1. The summed E-state index contributed by atoms with van der Waals surface area (Å²) in [6.07, 6.45) is 7.44.